The van der Waals surface area contributed by atoms with Gasteiger partial charge in [-0.1, -0.05) is 25.1 Å². The molecule has 2 aromatic rings. The molecular formula is C20H26N2O2S. The first-order chi connectivity index (χ1) is 12.0. The van der Waals surface area contributed by atoms with Crippen molar-refractivity contribution < 1.29 is 9.47 Å². The molecule has 0 saturated heterocycles. The Bertz CT molecular complexity index is 746. The molecule has 0 aromatic heterocycles. The third-order valence-electron chi connectivity index (χ3n) is 4.16. The van der Waals surface area contributed by atoms with E-state index in [1.165, 1.54) is 5.56 Å². The van der Waals surface area contributed by atoms with E-state index in [1.807, 2.05) is 18.2 Å². The predicted molar refractivity (Wildman–Crippen MR) is 108 cm³/mol. The number of benzene rings is 2. The minimum Gasteiger partial charge on any atom is -0.493 e. The van der Waals surface area contributed by atoms with Gasteiger partial charge in [0.25, 0.3) is 0 Å². The largest absolute Gasteiger partial charge is 0.493 e. The molecule has 0 aliphatic heterocycles. The Morgan fingerprint density at radius 2 is 1.76 bits per heavy atom. The molecule has 5 heteroatoms. The van der Waals surface area contributed by atoms with E-state index in [4.69, 9.17) is 21.7 Å². The van der Waals surface area contributed by atoms with Crippen molar-refractivity contribution in [3.8, 4) is 11.5 Å². The number of thiocarbonyl (C=S) groups is 1. The molecule has 0 unspecified atom stereocenters. The highest BCUT2D eigenvalue weighted by molar-refractivity contribution is 7.80. The van der Waals surface area contributed by atoms with Crippen LogP contribution in [-0.2, 0) is 0 Å². The maximum absolute atomic E-state index is 5.51. The number of hydrogen-bond acceptors (Lipinski definition) is 3. The highest BCUT2D eigenvalue weighted by Crippen LogP contribution is 2.31. The van der Waals surface area contributed by atoms with E-state index < -0.39 is 0 Å². The Morgan fingerprint density at radius 3 is 2.40 bits per heavy atom. The summed E-state index contributed by atoms with van der Waals surface area (Å²) in [7, 11) is 3.28. The molecule has 0 aliphatic rings. The van der Waals surface area contributed by atoms with Crippen LogP contribution in [-0.4, -0.2) is 19.3 Å². The van der Waals surface area contributed by atoms with Crippen molar-refractivity contribution in [1.82, 2.24) is 5.32 Å². The van der Waals surface area contributed by atoms with E-state index in [9.17, 15) is 0 Å². The third kappa shape index (κ3) is 4.86. The summed E-state index contributed by atoms with van der Waals surface area (Å²) in [5.74, 6) is 1.44. The quantitative estimate of drug-likeness (QED) is 0.729. The highest BCUT2D eigenvalue weighted by atomic mass is 32.1. The topological polar surface area (TPSA) is 42.5 Å². The number of hydrogen-bond donors (Lipinski definition) is 2. The molecular weight excluding hydrogens is 332 g/mol. The van der Waals surface area contributed by atoms with Crippen LogP contribution in [0.5, 0.6) is 11.5 Å². The lowest BCUT2D eigenvalue weighted by Gasteiger charge is -2.22. The predicted octanol–water partition coefficient (Wildman–Crippen LogP) is 4.76. The van der Waals surface area contributed by atoms with Crippen LogP contribution in [0.15, 0.2) is 36.4 Å². The Morgan fingerprint density at radius 1 is 1.04 bits per heavy atom. The highest BCUT2D eigenvalue weighted by Gasteiger charge is 2.14. The number of ether oxygens (including phenoxy) is 2. The van der Waals surface area contributed by atoms with Crippen molar-refractivity contribution >= 4 is 23.0 Å². The van der Waals surface area contributed by atoms with Crippen LogP contribution in [0.4, 0.5) is 5.69 Å². The first kappa shape index (κ1) is 19.1. The van der Waals surface area contributed by atoms with Gasteiger partial charge < -0.3 is 20.1 Å². The maximum Gasteiger partial charge on any atom is 0.171 e. The van der Waals surface area contributed by atoms with E-state index in [1.54, 1.807) is 14.2 Å². The van der Waals surface area contributed by atoms with Crippen molar-refractivity contribution in [1.29, 1.82) is 0 Å². The molecule has 4 nitrogen and oxygen atoms in total. The number of rotatable bonds is 6. The van der Waals surface area contributed by atoms with Gasteiger partial charge in [0.1, 0.15) is 0 Å². The lowest BCUT2D eigenvalue weighted by atomic mass is 10.0. The van der Waals surface area contributed by atoms with Gasteiger partial charge in [-0.25, -0.2) is 0 Å². The second-order valence-corrected chi connectivity index (χ2v) is 6.40. The van der Waals surface area contributed by atoms with Crippen molar-refractivity contribution in [3.63, 3.8) is 0 Å². The van der Waals surface area contributed by atoms with Crippen LogP contribution in [0.1, 0.15) is 36.1 Å². The Hall–Kier alpha value is -2.27. The molecule has 0 spiro atoms. The molecule has 2 rings (SSSR count). The van der Waals surface area contributed by atoms with Crippen molar-refractivity contribution in [2.45, 2.75) is 33.2 Å². The molecule has 0 fully saturated rings. The fourth-order valence-electron chi connectivity index (χ4n) is 2.68. The van der Waals surface area contributed by atoms with Crippen molar-refractivity contribution in [3.05, 3.63) is 53.1 Å². The van der Waals surface area contributed by atoms with Gasteiger partial charge in [0.05, 0.1) is 20.3 Å². The summed E-state index contributed by atoms with van der Waals surface area (Å²) in [6.07, 6.45) is 0.893. The number of anilines is 1. The molecule has 134 valence electrons. The van der Waals surface area contributed by atoms with Crippen LogP contribution in [0, 0.1) is 13.8 Å². The van der Waals surface area contributed by atoms with Crippen LogP contribution >= 0.6 is 12.2 Å². The smallest absolute Gasteiger partial charge is 0.171 e. The summed E-state index contributed by atoms with van der Waals surface area (Å²) in [4.78, 5) is 0. The van der Waals surface area contributed by atoms with Gasteiger partial charge in [0.15, 0.2) is 16.6 Å². The molecule has 2 aromatic carbocycles. The van der Waals surface area contributed by atoms with Gasteiger partial charge >= 0.3 is 0 Å². The number of nitrogens with one attached hydrogen (secondary N) is 2. The van der Waals surface area contributed by atoms with Crippen molar-refractivity contribution in [2.75, 3.05) is 19.5 Å². The van der Waals surface area contributed by atoms with Crippen LogP contribution in [0.25, 0.3) is 0 Å². The molecule has 0 heterocycles. The Labute approximate surface area is 155 Å². The van der Waals surface area contributed by atoms with Gasteiger partial charge in [-0.05, 0) is 67.4 Å². The summed E-state index contributed by atoms with van der Waals surface area (Å²) >= 11 is 5.51. The second-order valence-electron chi connectivity index (χ2n) is 5.99. The van der Waals surface area contributed by atoms with Crippen LogP contribution in [0.3, 0.4) is 0 Å². The van der Waals surface area contributed by atoms with Crippen molar-refractivity contribution in [2.24, 2.45) is 0 Å². The van der Waals surface area contributed by atoms with Gasteiger partial charge in [-0.3, -0.25) is 0 Å². The molecule has 0 amide bonds. The van der Waals surface area contributed by atoms with E-state index in [0.717, 1.165) is 29.0 Å². The zero-order valence-corrected chi connectivity index (χ0v) is 16.3. The first-order valence-electron chi connectivity index (χ1n) is 8.35. The molecule has 0 saturated carbocycles. The monoisotopic (exact) mass is 358 g/mol. The van der Waals surface area contributed by atoms with Gasteiger partial charge in [-0.2, -0.15) is 0 Å². The standard InChI is InChI=1S/C20H26N2O2S/c1-6-16(15-9-10-18(23-4)19(12-15)24-5)21-20(25)22-17-11-13(2)7-8-14(17)3/h7-12,16H,6H2,1-5H3,(H2,21,22,25)/t16-/m1/s1. The summed E-state index contributed by atoms with van der Waals surface area (Å²) in [6.45, 7) is 6.25. The molecule has 0 radical (unpaired) electrons. The van der Waals surface area contributed by atoms with E-state index in [0.29, 0.717) is 10.9 Å². The summed E-state index contributed by atoms with van der Waals surface area (Å²) in [5, 5.41) is 7.30. The summed E-state index contributed by atoms with van der Waals surface area (Å²) in [5.41, 5.74) is 4.49. The Balaban J connectivity index is 2.13. The second kappa shape index (κ2) is 8.72. The SMILES string of the molecule is CC[C@@H](NC(=S)Nc1cc(C)ccc1C)c1ccc(OC)c(OC)c1. The maximum atomic E-state index is 5.51. The average molecular weight is 359 g/mol. The molecule has 1 atom stereocenters. The zero-order valence-electron chi connectivity index (χ0n) is 15.5. The lowest BCUT2D eigenvalue weighted by molar-refractivity contribution is 0.354. The van der Waals surface area contributed by atoms with E-state index >= 15 is 0 Å². The van der Waals surface area contributed by atoms with Gasteiger partial charge in [0, 0.05) is 5.69 Å². The fourth-order valence-corrected chi connectivity index (χ4v) is 2.93. The van der Waals surface area contributed by atoms with Gasteiger partial charge in [0.2, 0.25) is 0 Å². The van der Waals surface area contributed by atoms with Crippen LogP contribution < -0.4 is 20.1 Å². The fraction of sp³-hybridized carbons (Fsp3) is 0.350. The minimum atomic E-state index is 0.0879. The van der Waals surface area contributed by atoms with Gasteiger partial charge in [-0.15, -0.1) is 0 Å². The third-order valence-corrected chi connectivity index (χ3v) is 4.38. The zero-order chi connectivity index (χ0) is 18.4. The first-order valence-corrected chi connectivity index (χ1v) is 8.76. The summed E-state index contributed by atoms with van der Waals surface area (Å²) in [6, 6.07) is 12.3. The molecule has 0 aliphatic carbocycles. The number of aryl methyl sites for hydroxylation is 2. The normalized spacial score (nSPS) is 11.6. The number of methoxy groups -OCH3 is 2. The average Bonchev–Trinajstić information content (AvgIpc) is 2.62. The molecule has 2 N–H and O–H groups in total. The lowest BCUT2D eigenvalue weighted by Crippen LogP contribution is -2.32. The Kier molecular flexibility index (Phi) is 6.65. The van der Waals surface area contributed by atoms with Crippen LogP contribution in [0.2, 0.25) is 0 Å². The summed E-state index contributed by atoms with van der Waals surface area (Å²) < 4.78 is 10.7. The molecule has 0 bridgehead atoms. The molecule has 25 heavy (non-hydrogen) atoms. The van der Waals surface area contributed by atoms with E-state index in [-0.39, 0.29) is 6.04 Å². The minimum absolute atomic E-state index is 0.0879. The van der Waals surface area contributed by atoms with E-state index in [2.05, 4.69) is 49.6 Å².